The molecule has 1 aliphatic rings. The zero-order valence-electron chi connectivity index (χ0n) is 15.9. The second-order valence-corrected chi connectivity index (χ2v) is 7.02. The predicted molar refractivity (Wildman–Crippen MR) is 107 cm³/mol. The van der Waals surface area contributed by atoms with E-state index in [4.69, 9.17) is 4.74 Å². The molecule has 3 aromatic rings. The number of para-hydroxylation sites is 1. The maximum Gasteiger partial charge on any atom is 0.264 e. The molecule has 1 aliphatic heterocycles. The molecule has 142 valence electrons. The number of likely N-dealkylation sites (N-methyl/N-ethyl adjacent to an activating group) is 1. The van der Waals surface area contributed by atoms with Crippen LogP contribution in [0, 0.1) is 6.92 Å². The van der Waals surface area contributed by atoms with E-state index in [0.29, 0.717) is 17.0 Å². The lowest BCUT2D eigenvalue weighted by molar-refractivity contribution is -0.120. The van der Waals surface area contributed by atoms with Crippen LogP contribution in [0.5, 0.6) is 5.75 Å². The Balaban J connectivity index is 1.79. The third-order valence-corrected chi connectivity index (χ3v) is 5.26. The van der Waals surface area contributed by atoms with Crippen molar-refractivity contribution in [3.8, 4) is 5.75 Å². The molecule has 28 heavy (non-hydrogen) atoms. The van der Waals surface area contributed by atoms with Crippen LogP contribution in [-0.4, -0.2) is 29.9 Å². The van der Waals surface area contributed by atoms with Crippen molar-refractivity contribution < 1.29 is 14.3 Å². The van der Waals surface area contributed by atoms with E-state index in [1.165, 1.54) is 9.47 Å². The van der Waals surface area contributed by atoms with E-state index >= 15 is 0 Å². The van der Waals surface area contributed by atoms with Gasteiger partial charge in [-0.3, -0.25) is 19.0 Å². The molecule has 1 unspecified atom stereocenters. The molecule has 0 radical (unpaired) electrons. The lowest BCUT2D eigenvalue weighted by Gasteiger charge is -2.26. The number of fused-ring (bicyclic) bond motifs is 2. The summed E-state index contributed by atoms with van der Waals surface area (Å²) in [6, 6.07) is 13.4. The molecule has 6 heteroatoms. The van der Waals surface area contributed by atoms with Gasteiger partial charge in [-0.25, -0.2) is 0 Å². The van der Waals surface area contributed by atoms with E-state index in [2.05, 4.69) is 0 Å². The van der Waals surface area contributed by atoms with Gasteiger partial charge in [-0.15, -0.1) is 0 Å². The number of carbonyl (C=O) groups excluding carboxylic acids is 2. The summed E-state index contributed by atoms with van der Waals surface area (Å²) in [6.45, 7) is 3.59. The lowest BCUT2D eigenvalue weighted by Crippen LogP contribution is -2.35. The van der Waals surface area contributed by atoms with Crippen LogP contribution >= 0.6 is 0 Å². The highest BCUT2D eigenvalue weighted by Crippen LogP contribution is 2.33. The second-order valence-electron chi connectivity index (χ2n) is 7.02. The molecule has 0 spiro atoms. The monoisotopic (exact) mass is 376 g/mol. The van der Waals surface area contributed by atoms with Gasteiger partial charge in [0.05, 0.1) is 17.2 Å². The molecule has 0 bridgehead atoms. The smallest absolute Gasteiger partial charge is 0.264 e. The van der Waals surface area contributed by atoms with E-state index in [0.717, 1.165) is 16.5 Å². The van der Waals surface area contributed by atoms with E-state index in [9.17, 15) is 14.4 Å². The molecule has 0 fully saturated rings. The third-order valence-electron chi connectivity index (χ3n) is 5.26. The van der Waals surface area contributed by atoms with E-state index in [1.54, 1.807) is 38.2 Å². The van der Waals surface area contributed by atoms with Crippen LogP contribution in [-0.2, 0) is 4.79 Å². The number of aromatic nitrogens is 1. The molecule has 0 saturated heterocycles. The van der Waals surface area contributed by atoms with Crippen LogP contribution in [0.2, 0.25) is 0 Å². The highest BCUT2D eigenvalue weighted by Gasteiger charge is 2.26. The summed E-state index contributed by atoms with van der Waals surface area (Å²) in [7, 11) is 1.65. The number of benzene rings is 2. The first-order chi connectivity index (χ1) is 13.4. The van der Waals surface area contributed by atoms with Gasteiger partial charge in [0.2, 0.25) is 0 Å². The molecule has 1 atom stereocenters. The maximum absolute atomic E-state index is 13.2. The van der Waals surface area contributed by atoms with Crippen molar-refractivity contribution >= 4 is 28.3 Å². The van der Waals surface area contributed by atoms with Crippen LogP contribution in [0.4, 0.5) is 5.69 Å². The largest absolute Gasteiger partial charge is 0.482 e. The number of nitrogens with zero attached hydrogens (tertiary/aromatic N) is 2. The molecule has 4 rings (SSSR count). The van der Waals surface area contributed by atoms with Gasteiger partial charge in [0.15, 0.2) is 12.4 Å². The Labute approximate surface area is 162 Å². The van der Waals surface area contributed by atoms with Gasteiger partial charge in [0, 0.05) is 24.1 Å². The average molecular weight is 376 g/mol. The highest BCUT2D eigenvalue weighted by molar-refractivity contribution is 6.03. The molecular weight excluding hydrogens is 356 g/mol. The zero-order chi connectivity index (χ0) is 20.0. The van der Waals surface area contributed by atoms with E-state index < -0.39 is 6.04 Å². The maximum atomic E-state index is 13.2. The Hall–Kier alpha value is -3.41. The Bertz CT molecular complexity index is 1180. The van der Waals surface area contributed by atoms with Gasteiger partial charge in [0.25, 0.3) is 11.5 Å². The number of anilines is 1. The van der Waals surface area contributed by atoms with Gasteiger partial charge < -0.3 is 9.64 Å². The zero-order valence-corrected chi connectivity index (χ0v) is 15.9. The van der Waals surface area contributed by atoms with E-state index in [1.807, 2.05) is 31.2 Å². The fraction of sp³-hybridized carbons (Fsp3) is 0.227. The summed E-state index contributed by atoms with van der Waals surface area (Å²) >= 11 is 0. The normalized spacial score (nSPS) is 14.5. The van der Waals surface area contributed by atoms with E-state index in [-0.39, 0.29) is 23.9 Å². The van der Waals surface area contributed by atoms with Crippen molar-refractivity contribution in [2.24, 2.45) is 0 Å². The Morgan fingerprint density at radius 1 is 1.11 bits per heavy atom. The van der Waals surface area contributed by atoms with Crippen LogP contribution in [0.3, 0.4) is 0 Å². The van der Waals surface area contributed by atoms with Gasteiger partial charge in [0.1, 0.15) is 5.75 Å². The van der Waals surface area contributed by atoms with Crippen molar-refractivity contribution in [2.75, 3.05) is 18.6 Å². The van der Waals surface area contributed by atoms with Crippen molar-refractivity contribution in [1.82, 2.24) is 4.57 Å². The SMILES string of the molecule is Cc1cc(=O)n(C(C)C(=O)c2ccc3c(c2)N(C)C(=O)CO3)c2ccccc12. The standard InChI is InChI=1S/C22H20N2O4/c1-13-10-20(25)24(17-7-5-4-6-16(13)17)14(2)22(27)15-8-9-19-18(11-15)23(3)21(26)12-28-19/h4-11,14H,12H2,1-3H3. The summed E-state index contributed by atoms with van der Waals surface area (Å²) < 4.78 is 6.94. The van der Waals surface area contributed by atoms with Crippen LogP contribution in [0.1, 0.15) is 28.9 Å². The average Bonchev–Trinajstić information content (AvgIpc) is 2.70. The summed E-state index contributed by atoms with van der Waals surface area (Å²) in [6.07, 6.45) is 0. The second kappa shape index (κ2) is 6.64. The van der Waals surface area contributed by atoms with Crippen molar-refractivity contribution in [3.05, 3.63) is 70.0 Å². The molecule has 6 nitrogen and oxygen atoms in total. The number of pyridine rings is 1. The fourth-order valence-corrected chi connectivity index (χ4v) is 3.65. The molecule has 1 aromatic heterocycles. The number of aryl methyl sites for hydroxylation is 1. The number of carbonyl (C=O) groups is 2. The number of hydrogen-bond acceptors (Lipinski definition) is 4. The minimum atomic E-state index is -0.693. The van der Waals surface area contributed by atoms with Crippen molar-refractivity contribution in [3.63, 3.8) is 0 Å². The quantitative estimate of drug-likeness (QED) is 0.659. The van der Waals surface area contributed by atoms with Crippen LogP contribution in [0.25, 0.3) is 10.9 Å². The summed E-state index contributed by atoms with van der Waals surface area (Å²) in [5.74, 6) is 0.181. The first-order valence-corrected chi connectivity index (χ1v) is 9.07. The minimum absolute atomic E-state index is 0.0159. The number of amides is 1. The topological polar surface area (TPSA) is 68.6 Å². The number of hydrogen-bond donors (Lipinski definition) is 0. The molecular formula is C22H20N2O4. The predicted octanol–water partition coefficient (Wildman–Crippen LogP) is 3.11. The Morgan fingerprint density at radius 3 is 2.64 bits per heavy atom. The Kier molecular flexibility index (Phi) is 4.26. The number of ketones is 1. The van der Waals surface area contributed by atoms with Crippen molar-refractivity contribution in [1.29, 1.82) is 0 Å². The highest BCUT2D eigenvalue weighted by atomic mass is 16.5. The van der Waals surface area contributed by atoms with Gasteiger partial charge in [-0.05, 0) is 43.7 Å². The molecule has 0 N–H and O–H groups in total. The molecule has 2 heterocycles. The van der Waals surface area contributed by atoms with Crippen LogP contribution < -0.4 is 15.2 Å². The lowest BCUT2D eigenvalue weighted by atomic mass is 10.0. The third kappa shape index (κ3) is 2.78. The van der Waals surface area contributed by atoms with Crippen LogP contribution in [0.15, 0.2) is 53.3 Å². The first-order valence-electron chi connectivity index (χ1n) is 9.07. The Morgan fingerprint density at radius 2 is 1.86 bits per heavy atom. The van der Waals surface area contributed by atoms with Gasteiger partial charge >= 0.3 is 0 Å². The van der Waals surface area contributed by atoms with Gasteiger partial charge in [-0.2, -0.15) is 0 Å². The number of Topliss-reactive ketones (excluding diaryl/α,β-unsaturated/α-hetero) is 1. The number of ether oxygens (including phenoxy) is 1. The first kappa shape index (κ1) is 18.0. The van der Waals surface area contributed by atoms with Gasteiger partial charge in [-0.1, -0.05) is 18.2 Å². The van der Waals surface area contributed by atoms with Crippen molar-refractivity contribution in [2.45, 2.75) is 19.9 Å². The minimum Gasteiger partial charge on any atom is -0.482 e. The molecule has 2 aromatic carbocycles. The summed E-state index contributed by atoms with van der Waals surface area (Å²) in [5, 5.41) is 0.936. The number of rotatable bonds is 3. The summed E-state index contributed by atoms with van der Waals surface area (Å²) in [5.41, 5.74) is 2.36. The fourth-order valence-electron chi connectivity index (χ4n) is 3.65. The molecule has 1 amide bonds. The molecule has 0 aliphatic carbocycles. The summed E-state index contributed by atoms with van der Waals surface area (Å²) in [4.78, 5) is 39.3. The molecule has 0 saturated carbocycles.